The minimum Gasteiger partial charge on any atom is -0.464 e. The van der Waals surface area contributed by atoms with Crippen molar-refractivity contribution in [3.8, 4) is 5.75 Å². The molecule has 1 aromatic heterocycles. The van der Waals surface area contributed by atoms with Gasteiger partial charge in [0.05, 0.1) is 6.10 Å². The minimum atomic E-state index is -1.60. The van der Waals surface area contributed by atoms with Gasteiger partial charge in [0.1, 0.15) is 0 Å². The first-order chi connectivity index (χ1) is 10.1. The highest BCUT2D eigenvalue weighted by atomic mass is 16.5. The van der Waals surface area contributed by atoms with Crippen molar-refractivity contribution in [3.05, 3.63) is 18.3 Å². The number of ether oxygens (including phenoxy) is 2. The van der Waals surface area contributed by atoms with E-state index in [0.29, 0.717) is 24.7 Å². The Morgan fingerprint density at radius 1 is 1.62 bits per heavy atom. The fourth-order valence-corrected chi connectivity index (χ4v) is 2.39. The SMILES string of the molecule is C[C@@]1(C(=O)NC[C@H]2CCCO2)Oc2cccnc2NC1=O. The van der Waals surface area contributed by atoms with Gasteiger partial charge in [-0.2, -0.15) is 0 Å². The van der Waals surface area contributed by atoms with Gasteiger partial charge in [-0.3, -0.25) is 9.59 Å². The van der Waals surface area contributed by atoms with E-state index >= 15 is 0 Å². The van der Waals surface area contributed by atoms with Gasteiger partial charge >= 0.3 is 0 Å². The van der Waals surface area contributed by atoms with Gasteiger partial charge in [0.25, 0.3) is 17.4 Å². The maximum absolute atomic E-state index is 12.3. The van der Waals surface area contributed by atoms with Crippen LogP contribution in [0.2, 0.25) is 0 Å². The average Bonchev–Trinajstić information content (AvgIpc) is 2.99. The van der Waals surface area contributed by atoms with Crippen molar-refractivity contribution in [1.29, 1.82) is 0 Å². The third kappa shape index (κ3) is 2.56. The zero-order chi connectivity index (χ0) is 14.9. The molecule has 0 radical (unpaired) electrons. The number of rotatable bonds is 3. The molecule has 112 valence electrons. The molecule has 7 nitrogen and oxygen atoms in total. The number of nitrogens with zero attached hydrogens (tertiary/aromatic N) is 1. The van der Waals surface area contributed by atoms with Crippen molar-refractivity contribution in [2.24, 2.45) is 0 Å². The molecule has 0 bridgehead atoms. The number of nitrogens with one attached hydrogen (secondary N) is 2. The van der Waals surface area contributed by atoms with E-state index < -0.39 is 17.4 Å². The van der Waals surface area contributed by atoms with Gasteiger partial charge in [0, 0.05) is 19.3 Å². The van der Waals surface area contributed by atoms with Crippen LogP contribution in [0, 0.1) is 0 Å². The van der Waals surface area contributed by atoms with Crippen LogP contribution in [0.3, 0.4) is 0 Å². The molecule has 2 N–H and O–H groups in total. The Balaban J connectivity index is 1.70. The zero-order valence-electron chi connectivity index (χ0n) is 11.7. The Morgan fingerprint density at radius 2 is 2.48 bits per heavy atom. The molecule has 3 rings (SSSR count). The number of carbonyl (C=O) groups is 2. The molecule has 2 aliphatic rings. The Morgan fingerprint density at radius 3 is 3.24 bits per heavy atom. The van der Waals surface area contributed by atoms with Gasteiger partial charge in [-0.15, -0.1) is 0 Å². The summed E-state index contributed by atoms with van der Waals surface area (Å²) in [5.41, 5.74) is -1.60. The van der Waals surface area contributed by atoms with Crippen LogP contribution in [0.5, 0.6) is 5.75 Å². The summed E-state index contributed by atoms with van der Waals surface area (Å²) in [6.45, 7) is 2.54. The van der Waals surface area contributed by atoms with Crippen LogP contribution in [-0.4, -0.2) is 41.7 Å². The van der Waals surface area contributed by atoms with Gasteiger partial charge < -0.3 is 20.1 Å². The number of aromatic nitrogens is 1. The second-order valence-electron chi connectivity index (χ2n) is 5.28. The van der Waals surface area contributed by atoms with Crippen molar-refractivity contribution in [2.45, 2.75) is 31.5 Å². The molecule has 1 aromatic rings. The fraction of sp³-hybridized carbons (Fsp3) is 0.500. The van der Waals surface area contributed by atoms with Gasteiger partial charge in [0.2, 0.25) is 0 Å². The molecule has 7 heteroatoms. The summed E-state index contributed by atoms with van der Waals surface area (Å²) in [5, 5.41) is 5.32. The van der Waals surface area contributed by atoms with E-state index in [4.69, 9.17) is 9.47 Å². The maximum atomic E-state index is 12.3. The van der Waals surface area contributed by atoms with E-state index in [2.05, 4.69) is 15.6 Å². The number of hydrogen-bond acceptors (Lipinski definition) is 5. The largest absolute Gasteiger partial charge is 0.464 e. The van der Waals surface area contributed by atoms with Gasteiger partial charge in [-0.25, -0.2) is 4.98 Å². The quantitative estimate of drug-likeness (QED) is 0.790. The van der Waals surface area contributed by atoms with E-state index in [1.54, 1.807) is 18.3 Å². The topological polar surface area (TPSA) is 89.6 Å². The number of amides is 2. The predicted octanol–water partition coefficient (Wildman–Crippen LogP) is 0.466. The standard InChI is InChI=1S/C14H17N3O4/c1-14(12(18)16-8-9-4-3-7-20-9)13(19)17-11-10(21-14)5-2-6-15-11/h2,5-6,9H,3-4,7-8H2,1H3,(H,16,18)(H,15,17,19)/t9-,14+/m1/s1. The van der Waals surface area contributed by atoms with Gasteiger partial charge in [-0.1, -0.05) is 0 Å². The highest BCUT2D eigenvalue weighted by molar-refractivity contribution is 6.15. The molecule has 1 fully saturated rings. The number of anilines is 1. The van der Waals surface area contributed by atoms with Gasteiger partial charge in [-0.05, 0) is 31.9 Å². The summed E-state index contributed by atoms with van der Waals surface area (Å²) in [6, 6.07) is 3.34. The molecule has 0 saturated carbocycles. The van der Waals surface area contributed by atoms with Crippen molar-refractivity contribution in [3.63, 3.8) is 0 Å². The van der Waals surface area contributed by atoms with Crippen LogP contribution in [-0.2, 0) is 14.3 Å². The second-order valence-corrected chi connectivity index (χ2v) is 5.28. The van der Waals surface area contributed by atoms with Gasteiger partial charge in [0.15, 0.2) is 11.6 Å². The van der Waals surface area contributed by atoms with E-state index in [1.165, 1.54) is 6.92 Å². The molecular weight excluding hydrogens is 274 g/mol. The van der Waals surface area contributed by atoms with E-state index in [-0.39, 0.29) is 6.10 Å². The summed E-state index contributed by atoms with van der Waals surface area (Å²) in [5.74, 6) is -0.303. The van der Waals surface area contributed by atoms with Crippen LogP contribution in [0.1, 0.15) is 19.8 Å². The summed E-state index contributed by atoms with van der Waals surface area (Å²) in [4.78, 5) is 28.5. The normalized spacial score (nSPS) is 27.5. The highest BCUT2D eigenvalue weighted by Crippen LogP contribution is 2.31. The lowest BCUT2D eigenvalue weighted by molar-refractivity contribution is -0.147. The minimum absolute atomic E-state index is 0.0122. The Kier molecular flexibility index (Phi) is 3.50. The number of carbonyl (C=O) groups excluding carboxylic acids is 2. The van der Waals surface area contributed by atoms with Crippen LogP contribution in [0.15, 0.2) is 18.3 Å². The summed E-state index contributed by atoms with van der Waals surface area (Å²) >= 11 is 0. The number of fused-ring (bicyclic) bond motifs is 1. The summed E-state index contributed by atoms with van der Waals surface area (Å²) < 4.78 is 11.0. The predicted molar refractivity (Wildman–Crippen MR) is 73.9 cm³/mol. The first-order valence-electron chi connectivity index (χ1n) is 6.95. The lowest BCUT2D eigenvalue weighted by atomic mass is 10.0. The molecule has 1 saturated heterocycles. The third-order valence-corrected chi connectivity index (χ3v) is 3.70. The molecule has 2 aliphatic heterocycles. The average molecular weight is 291 g/mol. The molecule has 3 heterocycles. The lowest BCUT2D eigenvalue weighted by Crippen LogP contribution is -2.59. The zero-order valence-corrected chi connectivity index (χ0v) is 11.7. The fourth-order valence-electron chi connectivity index (χ4n) is 2.39. The number of hydrogen-bond donors (Lipinski definition) is 2. The Hall–Kier alpha value is -2.15. The first-order valence-corrected chi connectivity index (χ1v) is 6.95. The van der Waals surface area contributed by atoms with E-state index in [1.807, 2.05) is 0 Å². The monoisotopic (exact) mass is 291 g/mol. The second kappa shape index (κ2) is 5.33. The van der Waals surface area contributed by atoms with Crippen LogP contribution in [0.25, 0.3) is 0 Å². The lowest BCUT2D eigenvalue weighted by Gasteiger charge is -2.32. The van der Waals surface area contributed by atoms with Crippen molar-refractivity contribution >= 4 is 17.6 Å². The first kappa shape index (κ1) is 13.8. The molecule has 0 unspecified atom stereocenters. The Labute approximate surface area is 122 Å². The number of pyridine rings is 1. The molecule has 0 spiro atoms. The molecule has 2 amide bonds. The molecular formula is C14H17N3O4. The van der Waals surface area contributed by atoms with Crippen molar-refractivity contribution in [1.82, 2.24) is 10.3 Å². The van der Waals surface area contributed by atoms with Crippen LogP contribution in [0.4, 0.5) is 5.82 Å². The highest BCUT2D eigenvalue weighted by Gasteiger charge is 2.47. The molecule has 0 aliphatic carbocycles. The summed E-state index contributed by atoms with van der Waals surface area (Å²) in [6.07, 6.45) is 3.46. The molecule has 0 aromatic carbocycles. The van der Waals surface area contributed by atoms with E-state index in [0.717, 1.165) is 12.8 Å². The Bertz CT molecular complexity index is 571. The summed E-state index contributed by atoms with van der Waals surface area (Å²) in [7, 11) is 0. The third-order valence-electron chi connectivity index (χ3n) is 3.70. The van der Waals surface area contributed by atoms with E-state index in [9.17, 15) is 9.59 Å². The molecule has 21 heavy (non-hydrogen) atoms. The van der Waals surface area contributed by atoms with Crippen molar-refractivity contribution < 1.29 is 19.1 Å². The van der Waals surface area contributed by atoms with Crippen LogP contribution >= 0.6 is 0 Å². The molecule has 2 atom stereocenters. The van der Waals surface area contributed by atoms with Crippen molar-refractivity contribution in [2.75, 3.05) is 18.5 Å². The smallest absolute Gasteiger partial charge is 0.279 e. The van der Waals surface area contributed by atoms with Crippen LogP contribution < -0.4 is 15.4 Å². The maximum Gasteiger partial charge on any atom is 0.279 e.